The zero-order valence-electron chi connectivity index (χ0n) is 10.9. The first kappa shape index (κ1) is 12.9. The van der Waals surface area contributed by atoms with Gasteiger partial charge in [0.25, 0.3) is 0 Å². The number of sulfone groups is 1. The predicted octanol–water partition coefficient (Wildman–Crippen LogP) is 1.29. The third-order valence-corrected chi connectivity index (χ3v) is 6.21. The fourth-order valence-corrected chi connectivity index (χ4v) is 4.48. The second kappa shape index (κ2) is 5.13. The van der Waals surface area contributed by atoms with E-state index in [0.717, 1.165) is 38.1 Å². The van der Waals surface area contributed by atoms with Crippen LogP contribution in [0.25, 0.3) is 0 Å². The Morgan fingerprint density at radius 2 is 2.21 bits per heavy atom. The first-order valence-electron chi connectivity index (χ1n) is 6.82. The fourth-order valence-electron chi connectivity index (χ4n) is 2.78. The maximum Gasteiger partial charge on any atom is 0.156 e. The highest BCUT2D eigenvalue weighted by molar-refractivity contribution is 7.92. The summed E-state index contributed by atoms with van der Waals surface area (Å²) in [4.78, 5) is 0. The fraction of sp³-hybridized carbons (Fsp3) is 0.571. The minimum absolute atomic E-state index is 0.286. The van der Waals surface area contributed by atoms with E-state index >= 15 is 0 Å². The Balaban J connectivity index is 1.67. The summed E-state index contributed by atoms with van der Waals surface area (Å²) < 4.78 is 29.1. The third-order valence-electron chi connectivity index (χ3n) is 3.96. The summed E-state index contributed by atoms with van der Waals surface area (Å²) in [5.74, 6) is 1.10. The minimum atomic E-state index is -2.91. The Morgan fingerprint density at radius 1 is 1.32 bits per heavy atom. The molecule has 1 N–H and O–H groups in total. The van der Waals surface area contributed by atoms with Gasteiger partial charge in [-0.3, -0.25) is 0 Å². The van der Waals surface area contributed by atoms with Crippen LogP contribution in [0, 0.1) is 0 Å². The molecule has 3 rings (SSSR count). The van der Waals surface area contributed by atoms with Crippen LogP contribution in [0.4, 0.5) is 0 Å². The Bertz CT molecular complexity index is 568. The number of hydrogen-bond acceptors (Lipinski definition) is 4. The van der Waals surface area contributed by atoms with Gasteiger partial charge in [-0.25, -0.2) is 8.42 Å². The average Bonchev–Trinajstić information content (AvgIpc) is 2.75. The van der Waals surface area contributed by atoms with E-state index in [4.69, 9.17) is 4.74 Å². The van der Waals surface area contributed by atoms with Gasteiger partial charge < -0.3 is 10.1 Å². The van der Waals surface area contributed by atoms with Gasteiger partial charge in [-0.2, -0.15) is 0 Å². The summed E-state index contributed by atoms with van der Waals surface area (Å²) in [5.41, 5.74) is 2.62. The highest BCUT2D eigenvalue weighted by Gasteiger charge is 2.31. The summed E-state index contributed by atoms with van der Waals surface area (Å²) in [5, 5.41) is 3.01. The minimum Gasteiger partial charge on any atom is -0.492 e. The van der Waals surface area contributed by atoms with Crippen molar-refractivity contribution in [1.82, 2.24) is 5.32 Å². The van der Waals surface area contributed by atoms with Gasteiger partial charge in [0, 0.05) is 6.54 Å². The monoisotopic (exact) mass is 281 g/mol. The van der Waals surface area contributed by atoms with Crippen LogP contribution < -0.4 is 10.1 Å². The number of fused-ring (bicyclic) bond motifs is 1. The maximum absolute atomic E-state index is 11.7. The third kappa shape index (κ3) is 2.77. The van der Waals surface area contributed by atoms with Crippen molar-refractivity contribution in [2.45, 2.75) is 31.1 Å². The van der Waals surface area contributed by atoms with Gasteiger partial charge in [0.05, 0.1) is 11.0 Å². The zero-order valence-corrected chi connectivity index (χ0v) is 11.7. The number of rotatable bonds is 3. The van der Waals surface area contributed by atoms with E-state index in [0.29, 0.717) is 5.75 Å². The lowest BCUT2D eigenvalue weighted by molar-refractivity contribution is 0.310. The van der Waals surface area contributed by atoms with E-state index < -0.39 is 9.84 Å². The molecule has 1 aromatic rings. The summed E-state index contributed by atoms with van der Waals surface area (Å²) in [6, 6.07) is 6.07. The maximum atomic E-state index is 11.7. The number of hydrogen-bond donors (Lipinski definition) is 1. The Labute approximate surface area is 114 Å². The van der Waals surface area contributed by atoms with E-state index in [1.54, 1.807) is 0 Å². The van der Waals surface area contributed by atoms with Crippen LogP contribution in [0.1, 0.15) is 24.0 Å². The molecule has 1 unspecified atom stereocenters. The molecule has 0 saturated carbocycles. The SMILES string of the molecule is O=S1(=O)CCCC1COc1ccc2c(c1)CNCC2. The largest absolute Gasteiger partial charge is 0.492 e. The predicted molar refractivity (Wildman–Crippen MR) is 74.2 cm³/mol. The molecule has 0 radical (unpaired) electrons. The molecule has 2 heterocycles. The van der Waals surface area contributed by atoms with E-state index in [2.05, 4.69) is 11.4 Å². The number of ether oxygens (including phenoxy) is 1. The molecule has 4 nitrogen and oxygen atoms in total. The van der Waals surface area contributed by atoms with E-state index in [9.17, 15) is 8.42 Å². The van der Waals surface area contributed by atoms with Crippen molar-refractivity contribution < 1.29 is 13.2 Å². The normalized spacial score (nSPS) is 24.9. The molecule has 104 valence electrons. The first-order chi connectivity index (χ1) is 9.15. The van der Waals surface area contributed by atoms with Crippen molar-refractivity contribution in [3.05, 3.63) is 29.3 Å². The molecular weight excluding hydrogens is 262 g/mol. The van der Waals surface area contributed by atoms with Crippen molar-refractivity contribution in [3.8, 4) is 5.75 Å². The molecule has 0 aliphatic carbocycles. The molecule has 1 atom stereocenters. The van der Waals surface area contributed by atoms with Crippen molar-refractivity contribution in [1.29, 1.82) is 0 Å². The van der Waals surface area contributed by atoms with Crippen molar-refractivity contribution in [2.75, 3.05) is 18.9 Å². The van der Waals surface area contributed by atoms with Crippen LogP contribution >= 0.6 is 0 Å². The summed E-state index contributed by atoms with van der Waals surface area (Å²) in [6.45, 7) is 2.18. The molecule has 1 aromatic carbocycles. The topological polar surface area (TPSA) is 55.4 Å². The summed E-state index contributed by atoms with van der Waals surface area (Å²) >= 11 is 0. The van der Waals surface area contributed by atoms with E-state index in [1.807, 2.05) is 12.1 Å². The van der Waals surface area contributed by atoms with Crippen molar-refractivity contribution in [2.24, 2.45) is 0 Å². The molecule has 19 heavy (non-hydrogen) atoms. The van der Waals surface area contributed by atoms with Gasteiger partial charge in [0.15, 0.2) is 9.84 Å². The lowest BCUT2D eigenvalue weighted by Gasteiger charge is -2.18. The van der Waals surface area contributed by atoms with Crippen LogP contribution in [0.5, 0.6) is 5.75 Å². The molecule has 0 aromatic heterocycles. The molecule has 2 aliphatic rings. The lowest BCUT2D eigenvalue weighted by Crippen LogP contribution is -2.25. The highest BCUT2D eigenvalue weighted by Crippen LogP contribution is 2.24. The van der Waals surface area contributed by atoms with Gasteiger partial charge in [-0.1, -0.05) is 6.07 Å². The second-order valence-corrected chi connectivity index (χ2v) is 7.70. The van der Waals surface area contributed by atoms with Crippen molar-refractivity contribution in [3.63, 3.8) is 0 Å². The van der Waals surface area contributed by atoms with Crippen LogP contribution in [-0.2, 0) is 22.8 Å². The molecule has 1 saturated heterocycles. The lowest BCUT2D eigenvalue weighted by atomic mass is 10.0. The number of nitrogens with one attached hydrogen (secondary N) is 1. The van der Waals surface area contributed by atoms with Gasteiger partial charge in [0.1, 0.15) is 12.4 Å². The van der Waals surface area contributed by atoms with Crippen LogP contribution in [-0.4, -0.2) is 32.6 Å². The van der Waals surface area contributed by atoms with Crippen molar-refractivity contribution >= 4 is 9.84 Å². The molecule has 1 fully saturated rings. The Morgan fingerprint density at radius 3 is 3.00 bits per heavy atom. The molecule has 0 spiro atoms. The number of benzene rings is 1. The van der Waals surface area contributed by atoms with Gasteiger partial charge >= 0.3 is 0 Å². The van der Waals surface area contributed by atoms with E-state index in [1.165, 1.54) is 11.1 Å². The molecular formula is C14H19NO3S. The first-order valence-corrected chi connectivity index (χ1v) is 8.53. The summed E-state index contributed by atoms with van der Waals surface area (Å²) in [6.07, 6.45) is 2.55. The van der Waals surface area contributed by atoms with Crippen LogP contribution in [0.15, 0.2) is 18.2 Å². The average molecular weight is 281 g/mol. The van der Waals surface area contributed by atoms with Crippen LogP contribution in [0.2, 0.25) is 0 Å². The Hall–Kier alpha value is -1.07. The van der Waals surface area contributed by atoms with E-state index in [-0.39, 0.29) is 11.9 Å². The van der Waals surface area contributed by atoms with Crippen LogP contribution in [0.3, 0.4) is 0 Å². The Kier molecular flexibility index (Phi) is 3.50. The highest BCUT2D eigenvalue weighted by atomic mass is 32.2. The summed E-state index contributed by atoms with van der Waals surface area (Å²) in [7, 11) is -2.91. The standard InChI is InChI=1S/C14H19NO3S/c16-19(17)7-1-2-14(19)10-18-13-4-3-11-5-6-15-9-12(11)8-13/h3-4,8,14-15H,1-2,5-7,9-10H2. The van der Waals surface area contributed by atoms with Gasteiger partial charge in [-0.05, 0) is 49.1 Å². The molecule has 0 bridgehead atoms. The van der Waals surface area contributed by atoms with Gasteiger partial charge in [-0.15, -0.1) is 0 Å². The molecule has 0 amide bonds. The van der Waals surface area contributed by atoms with Gasteiger partial charge in [0.2, 0.25) is 0 Å². The smallest absolute Gasteiger partial charge is 0.156 e. The second-order valence-electron chi connectivity index (χ2n) is 5.30. The molecule has 5 heteroatoms. The quantitative estimate of drug-likeness (QED) is 0.907. The zero-order chi connectivity index (χ0) is 13.3. The molecule has 2 aliphatic heterocycles.